The third-order valence-corrected chi connectivity index (χ3v) is 5.13. The van der Waals surface area contributed by atoms with Gasteiger partial charge >= 0.3 is 0 Å². The smallest absolute Gasteiger partial charge is 0.248 e. The predicted molar refractivity (Wildman–Crippen MR) is 115 cm³/mol. The molecule has 11 heteroatoms. The van der Waals surface area contributed by atoms with Crippen LogP contribution >= 0.6 is 0 Å². The number of alkyl halides is 2. The zero-order valence-electron chi connectivity index (χ0n) is 16.4. The average Bonchev–Trinajstić information content (AvgIpc) is 2.58. The largest absolute Gasteiger partial charge is 0.493 e. The predicted octanol–water partition coefficient (Wildman–Crippen LogP) is 0.850. The first-order chi connectivity index (χ1) is 13.3. The maximum atomic E-state index is 13.2. The van der Waals surface area contributed by atoms with Crippen LogP contribution in [0.2, 0.25) is 0 Å². The quantitative estimate of drug-likeness (QED) is 0.639. The maximum Gasteiger partial charge on any atom is 0.248 e. The second-order valence-electron chi connectivity index (χ2n) is 7.91. The SMILES string of the molecule is [B]C([B])([B])N(CCC(O)c1cccc(OCC2CCC(F)(F)CC2)c1)C([B])([B])[B]. The van der Waals surface area contributed by atoms with E-state index in [0.717, 1.165) is 4.90 Å². The molecule has 1 unspecified atom stereocenters. The lowest BCUT2D eigenvalue weighted by Gasteiger charge is -2.49. The highest BCUT2D eigenvalue weighted by molar-refractivity contribution is 6.63. The number of aliphatic hydroxyl groups excluding tert-OH is 1. The van der Waals surface area contributed by atoms with Gasteiger partial charge in [0.1, 0.15) is 5.75 Å². The lowest BCUT2D eigenvalue weighted by atomic mass is 9.40. The van der Waals surface area contributed by atoms with Crippen LogP contribution in [-0.4, -0.2) is 86.6 Å². The average molecular weight is 386 g/mol. The highest BCUT2D eigenvalue weighted by atomic mass is 19.3. The highest BCUT2D eigenvalue weighted by Crippen LogP contribution is 2.36. The second kappa shape index (κ2) is 9.55. The van der Waals surface area contributed by atoms with Crippen LogP contribution in [0.3, 0.4) is 0 Å². The molecule has 1 fully saturated rings. The van der Waals surface area contributed by atoms with Gasteiger partial charge < -0.3 is 14.7 Å². The van der Waals surface area contributed by atoms with Gasteiger partial charge in [0.2, 0.25) is 5.92 Å². The molecule has 1 N–H and O–H groups in total. The third-order valence-electron chi connectivity index (χ3n) is 5.13. The summed E-state index contributed by atoms with van der Waals surface area (Å²) in [4.78, 5) is 1.07. The van der Waals surface area contributed by atoms with Crippen molar-refractivity contribution in [3.8, 4) is 5.75 Å². The van der Waals surface area contributed by atoms with E-state index in [0.29, 0.717) is 30.8 Å². The monoisotopic (exact) mass is 387 g/mol. The van der Waals surface area contributed by atoms with Gasteiger partial charge in [-0.15, -0.1) is 0 Å². The Morgan fingerprint density at radius 1 is 1.10 bits per heavy atom. The molecule has 2 rings (SSSR count). The Morgan fingerprint density at radius 3 is 2.24 bits per heavy atom. The number of hydrogen-bond donors (Lipinski definition) is 1. The number of halogens is 2. The number of ether oxygens (including phenoxy) is 1. The lowest BCUT2D eigenvalue weighted by Crippen LogP contribution is -2.63. The lowest BCUT2D eigenvalue weighted by molar-refractivity contribution is -0.0498. The molecule has 12 radical (unpaired) electrons. The van der Waals surface area contributed by atoms with Crippen molar-refractivity contribution in [3.63, 3.8) is 0 Å². The van der Waals surface area contributed by atoms with Gasteiger partial charge in [0, 0.05) is 12.8 Å². The van der Waals surface area contributed by atoms with E-state index in [-0.39, 0.29) is 31.7 Å². The fourth-order valence-corrected chi connectivity index (χ4v) is 3.43. The molecular weight excluding hydrogens is 365 g/mol. The van der Waals surface area contributed by atoms with E-state index < -0.39 is 22.5 Å². The molecule has 1 aliphatic rings. The molecule has 0 saturated heterocycles. The summed E-state index contributed by atoms with van der Waals surface area (Å²) in [6.45, 7) is 0.394. The minimum atomic E-state index is -2.56. The zero-order valence-corrected chi connectivity index (χ0v) is 16.4. The van der Waals surface area contributed by atoms with E-state index >= 15 is 0 Å². The molecule has 1 atom stereocenters. The van der Waals surface area contributed by atoms with Crippen LogP contribution in [0.1, 0.15) is 43.8 Å². The molecule has 1 aromatic rings. The number of rotatable bonds is 9. The molecule has 0 heterocycles. The number of aliphatic hydroxyl groups is 1. The van der Waals surface area contributed by atoms with E-state index in [2.05, 4.69) is 0 Å². The first-order valence-corrected chi connectivity index (χ1v) is 9.57. The highest BCUT2D eigenvalue weighted by Gasteiger charge is 2.35. The molecule has 3 nitrogen and oxygen atoms in total. The van der Waals surface area contributed by atoms with Crippen molar-refractivity contribution in [1.29, 1.82) is 0 Å². The molecule has 29 heavy (non-hydrogen) atoms. The van der Waals surface area contributed by atoms with Crippen LogP contribution in [0, 0.1) is 5.92 Å². The maximum absolute atomic E-state index is 13.2. The van der Waals surface area contributed by atoms with Gasteiger partial charge in [-0.1, -0.05) is 22.6 Å². The van der Waals surface area contributed by atoms with Gasteiger partial charge in [0.25, 0.3) is 0 Å². The van der Waals surface area contributed by atoms with Crippen molar-refractivity contribution >= 4 is 47.1 Å². The van der Waals surface area contributed by atoms with Crippen molar-refractivity contribution in [1.82, 2.24) is 4.90 Å². The normalized spacial score (nSPS) is 19.2. The van der Waals surface area contributed by atoms with Gasteiger partial charge in [0.05, 0.1) is 59.8 Å². The van der Waals surface area contributed by atoms with Crippen molar-refractivity contribution in [2.45, 2.75) is 54.6 Å². The van der Waals surface area contributed by atoms with E-state index in [1.165, 1.54) is 0 Å². The fraction of sp³-hybridized carbons (Fsp3) is 0.667. The van der Waals surface area contributed by atoms with Crippen LogP contribution in [0.5, 0.6) is 5.75 Å². The molecule has 1 aromatic carbocycles. The molecule has 0 aliphatic heterocycles. The first-order valence-electron chi connectivity index (χ1n) is 9.57. The molecule has 0 aromatic heterocycles. The minimum Gasteiger partial charge on any atom is -0.493 e. The summed E-state index contributed by atoms with van der Waals surface area (Å²) in [6.07, 6.45) is -0.0916. The van der Waals surface area contributed by atoms with Crippen LogP contribution in [0.4, 0.5) is 8.78 Å². The Kier molecular flexibility index (Phi) is 8.05. The molecule has 1 aliphatic carbocycles. The standard InChI is InChI=1S/C18H21B6F2NO2/c19-17(20,21)27(18(22,23)24)9-6-15(28)13-2-1-3-14(10-13)29-11-12-4-7-16(25,26)8-5-12/h1-3,10,12,15,28H,4-9,11H2. The van der Waals surface area contributed by atoms with E-state index in [4.69, 9.17) is 51.8 Å². The van der Waals surface area contributed by atoms with Crippen molar-refractivity contribution in [3.05, 3.63) is 29.8 Å². The molecule has 0 bridgehead atoms. The number of benzene rings is 1. The Morgan fingerprint density at radius 2 is 1.69 bits per heavy atom. The zero-order chi connectivity index (χ0) is 21.9. The van der Waals surface area contributed by atoms with Crippen LogP contribution < -0.4 is 4.74 Å². The number of nitrogens with zero attached hydrogens (tertiary/aromatic N) is 1. The summed E-state index contributed by atoms with van der Waals surface area (Å²) in [5.41, 5.74) is 0.589. The molecule has 1 saturated carbocycles. The third kappa shape index (κ3) is 7.75. The van der Waals surface area contributed by atoms with Gasteiger partial charge in [-0.05, 0) is 49.4 Å². The van der Waals surface area contributed by atoms with Crippen LogP contribution in [0.25, 0.3) is 0 Å². The Balaban J connectivity index is 1.91. The van der Waals surface area contributed by atoms with Gasteiger partial charge in [-0.3, -0.25) is 0 Å². The molecule has 142 valence electrons. The van der Waals surface area contributed by atoms with Crippen LogP contribution in [-0.2, 0) is 0 Å². The second-order valence-corrected chi connectivity index (χ2v) is 7.91. The molecule has 0 amide bonds. The summed E-state index contributed by atoms with van der Waals surface area (Å²) in [6, 6.07) is 6.89. The topological polar surface area (TPSA) is 32.7 Å². The molecule has 0 spiro atoms. The van der Waals surface area contributed by atoms with E-state index in [9.17, 15) is 13.9 Å². The van der Waals surface area contributed by atoms with Gasteiger partial charge in [0.15, 0.2) is 0 Å². The van der Waals surface area contributed by atoms with Crippen molar-refractivity contribution in [2.24, 2.45) is 5.92 Å². The Labute approximate surface area is 180 Å². The van der Waals surface area contributed by atoms with Gasteiger partial charge in [-0.25, -0.2) is 8.78 Å². The summed E-state index contributed by atoms with van der Waals surface area (Å²) in [7, 11) is 33.8. The summed E-state index contributed by atoms with van der Waals surface area (Å²) in [5, 5.41) is 6.77. The molecular formula is C18H21B6F2NO2. The first kappa shape index (κ1) is 24.5. The van der Waals surface area contributed by atoms with Crippen molar-refractivity contribution in [2.75, 3.05) is 13.2 Å². The minimum absolute atomic E-state index is 0.0372. The van der Waals surface area contributed by atoms with E-state index in [1.807, 2.05) is 0 Å². The fourth-order valence-electron chi connectivity index (χ4n) is 3.43. The van der Waals surface area contributed by atoms with Crippen molar-refractivity contribution < 1.29 is 18.6 Å². The Hall–Kier alpha value is -0.810. The summed E-state index contributed by atoms with van der Waals surface area (Å²) in [5.74, 6) is -1.92. The Bertz CT molecular complexity index is 644. The van der Waals surface area contributed by atoms with E-state index in [1.54, 1.807) is 24.3 Å². The van der Waals surface area contributed by atoms with Crippen LogP contribution in [0.15, 0.2) is 24.3 Å². The summed E-state index contributed by atoms with van der Waals surface area (Å²) >= 11 is 0. The summed E-state index contributed by atoms with van der Waals surface area (Å²) < 4.78 is 32.2. The number of hydrogen-bond acceptors (Lipinski definition) is 3. The van der Waals surface area contributed by atoms with Gasteiger partial charge in [-0.2, -0.15) is 0 Å².